The minimum absolute atomic E-state index is 0.150. The number of nitrogens with zero attached hydrogens (tertiary/aromatic N) is 1. The van der Waals surface area contributed by atoms with E-state index in [0.29, 0.717) is 17.1 Å². The molecule has 0 saturated heterocycles. The van der Waals surface area contributed by atoms with Crippen molar-refractivity contribution >= 4 is 5.91 Å². The van der Waals surface area contributed by atoms with Gasteiger partial charge in [-0.3, -0.25) is 9.78 Å². The van der Waals surface area contributed by atoms with Gasteiger partial charge >= 0.3 is 0 Å². The average molecular weight is 348 g/mol. The molecule has 1 atom stereocenters. The molecule has 0 fully saturated rings. The van der Waals surface area contributed by atoms with Gasteiger partial charge in [-0.2, -0.15) is 0 Å². The van der Waals surface area contributed by atoms with Crippen molar-refractivity contribution in [3.8, 4) is 11.5 Å². The lowest BCUT2D eigenvalue weighted by Gasteiger charge is -2.14. The first-order chi connectivity index (χ1) is 12.6. The minimum atomic E-state index is -0.742. The van der Waals surface area contributed by atoms with Gasteiger partial charge in [-0.25, -0.2) is 0 Å². The summed E-state index contributed by atoms with van der Waals surface area (Å²) in [6.07, 6.45) is 2.55. The molecule has 1 aromatic heterocycles. The van der Waals surface area contributed by atoms with Crippen LogP contribution in [0.4, 0.5) is 0 Å². The molecule has 0 saturated carbocycles. The number of amides is 1. The number of hydrogen-bond acceptors (Lipinski definition) is 4. The summed E-state index contributed by atoms with van der Waals surface area (Å²) in [5.74, 6) is 1.01. The summed E-state index contributed by atoms with van der Waals surface area (Å²) in [7, 11) is 0. The molecule has 0 radical (unpaired) electrons. The van der Waals surface area contributed by atoms with Gasteiger partial charge in [0.2, 0.25) is 0 Å². The van der Waals surface area contributed by atoms with Gasteiger partial charge in [-0.15, -0.1) is 0 Å². The largest absolute Gasteiger partial charge is 0.456 e. The number of aliphatic hydroxyl groups excluding tert-OH is 1. The Morgan fingerprint density at radius 1 is 1.08 bits per heavy atom. The highest BCUT2D eigenvalue weighted by Crippen LogP contribution is 2.21. The lowest BCUT2D eigenvalue weighted by atomic mass is 10.0. The number of benzene rings is 2. The summed E-state index contributed by atoms with van der Waals surface area (Å²) in [6.45, 7) is 2.08. The van der Waals surface area contributed by atoms with Crippen LogP contribution in [-0.4, -0.2) is 22.5 Å². The zero-order valence-electron chi connectivity index (χ0n) is 14.4. The molecule has 1 amide bonds. The molecular weight excluding hydrogens is 328 g/mol. The molecule has 3 aromatic rings. The highest BCUT2D eigenvalue weighted by atomic mass is 16.5. The minimum Gasteiger partial charge on any atom is -0.456 e. The lowest BCUT2D eigenvalue weighted by Crippen LogP contribution is -2.28. The van der Waals surface area contributed by atoms with E-state index >= 15 is 0 Å². The van der Waals surface area contributed by atoms with E-state index in [-0.39, 0.29) is 12.5 Å². The van der Waals surface area contributed by atoms with Crippen LogP contribution in [0.25, 0.3) is 0 Å². The Morgan fingerprint density at radius 2 is 1.85 bits per heavy atom. The summed E-state index contributed by atoms with van der Waals surface area (Å²) in [6, 6.07) is 18.0. The van der Waals surface area contributed by atoms with Gasteiger partial charge in [-0.1, -0.05) is 24.3 Å². The van der Waals surface area contributed by atoms with E-state index in [1.54, 1.807) is 48.8 Å². The Balaban J connectivity index is 1.57. The monoisotopic (exact) mass is 348 g/mol. The summed E-state index contributed by atoms with van der Waals surface area (Å²) < 4.78 is 5.65. The third-order valence-electron chi connectivity index (χ3n) is 3.99. The topological polar surface area (TPSA) is 71.5 Å². The van der Waals surface area contributed by atoms with Crippen molar-refractivity contribution in [2.45, 2.75) is 13.0 Å². The standard InChI is InChI=1S/C21H20N2O3/c1-15-5-2-3-7-19(15)20(24)14-23-21(25)16-8-10-17(11-9-16)26-18-6-4-12-22-13-18/h2-13,20,24H,14H2,1H3,(H,23,25). The smallest absolute Gasteiger partial charge is 0.251 e. The molecule has 5 heteroatoms. The fourth-order valence-corrected chi connectivity index (χ4v) is 2.58. The molecular formula is C21H20N2O3. The predicted octanol–water partition coefficient (Wildman–Crippen LogP) is 3.65. The first-order valence-corrected chi connectivity index (χ1v) is 8.33. The number of aromatic nitrogens is 1. The van der Waals surface area contributed by atoms with E-state index in [4.69, 9.17) is 4.74 Å². The Bertz CT molecular complexity index is 864. The molecule has 0 aliphatic rings. The molecule has 0 aliphatic carbocycles. The van der Waals surface area contributed by atoms with E-state index in [1.165, 1.54) is 0 Å². The Hall–Kier alpha value is -3.18. The quantitative estimate of drug-likeness (QED) is 0.713. The Kier molecular flexibility index (Phi) is 5.61. The average Bonchev–Trinajstić information content (AvgIpc) is 2.67. The summed E-state index contributed by atoms with van der Waals surface area (Å²) in [4.78, 5) is 16.2. The van der Waals surface area contributed by atoms with Gasteiger partial charge in [0.25, 0.3) is 5.91 Å². The molecule has 2 N–H and O–H groups in total. The second-order valence-electron chi connectivity index (χ2n) is 5.90. The number of carbonyl (C=O) groups is 1. The third kappa shape index (κ3) is 4.46. The van der Waals surface area contributed by atoms with Crippen molar-refractivity contribution in [1.29, 1.82) is 0 Å². The molecule has 0 aliphatic heterocycles. The maximum atomic E-state index is 12.3. The van der Waals surface area contributed by atoms with Crippen LogP contribution in [-0.2, 0) is 0 Å². The molecule has 2 aromatic carbocycles. The van der Waals surface area contributed by atoms with E-state index in [9.17, 15) is 9.90 Å². The van der Waals surface area contributed by atoms with Crippen LogP contribution >= 0.6 is 0 Å². The van der Waals surface area contributed by atoms with Gasteiger partial charge < -0.3 is 15.2 Å². The molecule has 26 heavy (non-hydrogen) atoms. The summed E-state index contributed by atoms with van der Waals surface area (Å²) in [5, 5.41) is 13.0. The Morgan fingerprint density at radius 3 is 2.54 bits per heavy atom. The van der Waals surface area contributed by atoms with Crippen molar-refractivity contribution in [3.05, 3.63) is 89.7 Å². The number of carbonyl (C=O) groups excluding carboxylic acids is 1. The van der Waals surface area contributed by atoms with Crippen LogP contribution in [0.3, 0.4) is 0 Å². The molecule has 1 heterocycles. The number of rotatable bonds is 6. The van der Waals surface area contributed by atoms with Crippen LogP contribution in [0.15, 0.2) is 73.1 Å². The summed E-state index contributed by atoms with van der Waals surface area (Å²) >= 11 is 0. The second kappa shape index (κ2) is 8.27. The fourth-order valence-electron chi connectivity index (χ4n) is 2.58. The van der Waals surface area contributed by atoms with E-state index < -0.39 is 6.10 Å². The second-order valence-corrected chi connectivity index (χ2v) is 5.90. The zero-order valence-corrected chi connectivity index (χ0v) is 14.4. The molecule has 0 bridgehead atoms. The van der Waals surface area contributed by atoms with Gasteiger partial charge in [-0.05, 0) is 54.4 Å². The zero-order chi connectivity index (χ0) is 18.4. The van der Waals surface area contributed by atoms with Crippen molar-refractivity contribution < 1.29 is 14.6 Å². The highest BCUT2D eigenvalue weighted by Gasteiger charge is 2.12. The lowest BCUT2D eigenvalue weighted by molar-refractivity contribution is 0.0916. The van der Waals surface area contributed by atoms with E-state index in [1.807, 2.05) is 31.2 Å². The van der Waals surface area contributed by atoms with Crippen LogP contribution in [0.5, 0.6) is 11.5 Å². The van der Waals surface area contributed by atoms with E-state index in [2.05, 4.69) is 10.3 Å². The predicted molar refractivity (Wildman–Crippen MR) is 99.2 cm³/mol. The van der Waals surface area contributed by atoms with Crippen LogP contribution in [0.2, 0.25) is 0 Å². The van der Waals surface area contributed by atoms with Crippen molar-refractivity contribution in [3.63, 3.8) is 0 Å². The molecule has 1 unspecified atom stereocenters. The molecule has 132 valence electrons. The maximum absolute atomic E-state index is 12.3. The first kappa shape index (κ1) is 17.6. The number of aliphatic hydroxyl groups is 1. The van der Waals surface area contributed by atoms with Gasteiger partial charge in [0.1, 0.15) is 11.5 Å². The number of pyridine rings is 1. The normalized spacial score (nSPS) is 11.6. The fraction of sp³-hybridized carbons (Fsp3) is 0.143. The van der Waals surface area contributed by atoms with Gasteiger partial charge in [0.05, 0.1) is 12.3 Å². The highest BCUT2D eigenvalue weighted by molar-refractivity contribution is 5.94. The third-order valence-corrected chi connectivity index (χ3v) is 3.99. The van der Waals surface area contributed by atoms with Crippen molar-refractivity contribution in [2.75, 3.05) is 6.54 Å². The van der Waals surface area contributed by atoms with Gasteiger partial charge in [0.15, 0.2) is 0 Å². The van der Waals surface area contributed by atoms with Crippen molar-refractivity contribution in [1.82, 2.24) is 10.3 Å². The number of nitrogens with one attached hydrogen (secondary N) is 1. The van der Waals surface area contributed by atoms with Crippen LogP contribution < -0.4 is 10.1 Å². The van der Waals surface area contributed by atoms with Gasteiger partial charge in [0, 0.05) is 18.3 Å². The molecule has 3 rings (SSSR count). The number of aryl methyl sites for hydroxylation is 1. The van der Waals surface area contributed by atoms with Crippen LogP contribution in [0, 0.1) is 6.92 Å². The molecule has 0 spiro atoms. The molecule has 5 nitrogen and oxygen atoms in total. The number of hydrogen-bond donors (Lipinski definition) is 2. The summed E-state index contributed by atoms with van der Waals surface area (Å²) in [5.41, 5.74) is 2.31. The first-order valence-electron chi connectivity index (χ1n) is 8.33. The Labute approximate surface area is 152 Å². The van der Waals surface area contributed by atoms with Crippen LogP contribution in [0.1, 0.15) is 27.6 Å². The SMILES string of the molecule is Cc1ccccc1C(O)CNC(=O)c1ccc(Oc2cccnc2)cc1. The number of ether oxygens (including phenoxy) is 1. The van der Waals surface area contributed by atoms with Crippen molar-refractivity contribution in [2.24, 2.45) is 0 Å². The maximum Gasteiger partial charge on any atom is 0.251 e. The van der Waals surface area contributed by atoms with E-state index in [0.717, 1.165) is 11.1 Å².